The Morgan fingerprint density at radius 3 is 2.37 bits per heavy atom. The highest BCUT2D eigenvalue weighted by Gasteiger charge is 2.38. The Labute approximate surface area is 223 Å². The van der Waals surface area contributed by atoms with Crippen molar-refractivity contribution in [3.05, 3.63) is 35.9 Å². The van der Waals surface area contributed by atoms with Crippen LogP contribution >= 0.6 is 0 Å². The van der Waals surface area contributed by atoms with E-state index in [0.29, 0.717) is 25.7 Å². The van der Waals surface area contributed by atoms with Crippen LogP contribution in [-0.2, 0) is 25.6 Å². The first-order valence-corrected chi connectivity index (χ1v) is 13.0. The van der Waals surface area contributed by atoms with Gasteiger partial charge in [-0.3, -0.25) is 19.4 Å². The van der Waals surface area contributed by atoms with Gasteiger partial charge in [0.1, 0.15) is 18.1 Å². The van der Waals surface area contributed by atoms with Crippen LogP contribution in [-0.4, -0.2) is 76.9 Å². The number of guanidine groups is 1. The summed E-state index contributed by atoms with van der Waals surface area (Å²) in [7, 11) is 0. The smallest absolute Gasteiger partial charge is 0.326 e. The van der Waals surface area contributed by atoms with Gasteiger partial charge in [-0.1, -0.05) is 50.6 Å². The Morgan fingerprint density at radius 2 is 1.76 bits per heavy atom. The van der Waals surface area contributed by atoms with Crippen molar-refractivity contribution in [2.75, 3.05) is 13.1 Å². The molecule has 1 aromatic rings. The number of hydrogen-bond acceptors (Lipinski definition) is 6. The third-order valence-corrected chi connectivity index (χ3v) is 6.86. The average molecular weight is 532 g/mol. The highest BCUT2D eigenvalue weighted by Crippen LogP contribution is 2.20. The summed E-state index contributed by atoms with van der Waals surface area (Å²) in [5.41, 5.74) is 17.7. The van der Waals surface area contributed by atoms with E-state index in [0.717, 1.165) is 5.56 Å². The fourth-order valence-electron chi connectivity index (χ4n) is 4.36. The van der Waals surface area contributed by atoms with E-state index in [9.17, 15) is 24.3 Å². The van der Waals surface area contributed by atoms with Crippen molar-refractivity contribution in [1.82, 2.24) is 15.5 Å². The second kappa shape index (κ2) is 14.9. The van der Waals surface area contributed by atoms with Crippen LogP contribution < -0.4 is 27.8 Å². The molecule has 0 radical (unpaired) electrons. The van der Waals surface area contributed by atoms with Crippen LogP contribution in [0.1, 0.15) is 51.5 Å². The summed E-state index contributed by atoms with van der Waals surface area (Å²) in [4.78, 5) is 56.7. The van der Waals surface area contributed by atoms with Crippen molar-refractivity contribution < 1.29 is 24.3 Å². The molecule has 1 aliphatic rings. The van der Waals surface area contributed by atoms with Crippen molar-refractivity contribution in [2.24, 2.45) is 28.1 Å². The minimum absolute atomic E-state index is 0.0920. The Hall–Kier alpha value is -3.67. The summed E-state index contributed by atoms with van der Waals surface area (Å²) >= 11 is 0. The van der Waals surface area contributed by atoms with Gasteiger partial charge in [0, 0.05) is 19.5 Å². The number of nitrogens with one attached hydrogen (secondary N) is 2. The predicted octanol–water partition coefficient (Wildman–Crippen LogP) is -0.299. The molecule has 3 amide bonds. The maximum atomic E-state index is 13.5. The summed E-state index contributed by atoms with van der Waals surface area (Å²) in [5.74, 6) is -2.79. The lowest BCUT2D eigenvalue weighted by molar-refractivity contribution is -0.149. The van der Waals surface area contributed by atoms with Gasteiger partial charge in [-0.05, 0) is 37.2 Å². The maximum Gasteiger partial charge on any atom is 0.326 e. The van der Waals surface area contributed by atoms with Gasteiger partial charge >= 0.3 is 5.97 Å². The number of aliphatic carboxylic acids is 1. The number of hydrogen-bond donors (Lipinski definition) is 6. The fourth-order valence-corrected chi connectivity index (χ4v) is 4.36. The third kappa shape index (κ3) is 9.02. The summed E-state index contributed by atoms with van der Waals surface area (Å²) < 4.78 is 0. The molecule has 12 nitrogen and oxygen atoms in total. The van der Waals surface area contributed by atoms with E-state index in [2.05, 4.69) is 15.6 Å². The van der Waals surface area contributed by atoms with Crippen molar-refractivity contribution >= 4 is 29.7 Å². The molecule has 9 N–H and O–H groups in total. The zero-order valence-corrected chi connectivity index (χ0v) is 22.1. The Bertz CT molecular complexity index is 983. The molecule has 0 saturated carbocycles. The van der Waals surface area contributed by atoms with E-state index in [1.165, 1.54) is 4.90 Å². The number of carboxylic acids is 1. The van der Waals surface area contributed by atoms with Gasteiger partial charge in [-0.25, -0.2) is 4.79 Å². The van der Waals surface area contributed by atoms with Crippen molar-refractivity contribution in [1.29, 1.82) is 0 Å². The van der Waals surface area contributed by atoms with Crippen LogP contribution in [0.15, 0.2) is 35.3 Å². The Morgan fingerprint density at radius 1 is 1.11 bits per heavy atom. The highest BCUT2D eigenvalue weighted by atomic mass is 16.4. The molecule has 1 saturated heterocycles. The Kier molecular flexibility index (Phi) is 12.0. The summed E-state index contributed by atoms with van der Waals surface area (Å²) in [6.45, 7) is 4.30. The molecular weight excluding hydrogens is 490 g/mol. The van der Waals surface area contributed by atoms with E-state index < -0.39 is 47.9 Å². The average Bonchev–Trinajstić information content (AvgIpc) is 3.39. The second-order valence-electron chi connectivity index (χ2n) is 9.70. The summed E-state index contributed by atoms with van der Waals surface area (Å²) in [6.07, 6.45) is 2.32. The first kappa shape index (κ1) is 30.6. The molecule has 1 fully saturated rings. The molecule has 210 valence electrons. The standard InChI is InChI=1S/C26H41N7O5/c1-3-16(2)21(27)23(35)32-19(15-17-9-5-4-6-10-17)22(34)31-18(11-7-13-30-26(28)29)24(36)33-14-8-12-20(33)25(37)38/h4-6,9-10,16,18-21H,3,7-8,11-15,27H2,1-2H3,(H,31,34)(H,32,35)(H,37,38)(H4,28,29,30). The van der Waals surface area contributed by atoms with Gasteiger partial charge in [-0.2, -0.15) is 0 Å². The molecule has 12 heteroatoms. The lowest BCUT2D eigenvalue weighted by Gasteiger charge is -2.29. The molecule has 5 unspecified atom stereocenters. The second-order valence-corrected chi connectivity index (χ2v) is 9.70. The van der Waals surface area contributed by atoms with E-state index in [4.69, 9.17) is 17.2 Å². The topological polar surface area (TPSA) is 206 Å². The first-order chi connectivity index (χ1) is 18.0. The van der Waals surface area contributed by atoms with Crippen LogP contribution in [0, 0.1) is 5.92 Å². The quantitative estimate of drug-likeness (QED) is 0.106. The summed E-state index contributed by atoms with van der Waals surface area (Å²) in [5, 5.41) is 15.1. The fraction of sp³-hybridized carbons (Fsp3) is 0.577. The molecule has 0 aromatic heterocycles. The summed E-state index contributed by atoms with van der Waals surface area (Å²) in [6, 6.07) is 5.39. The lowest BCUT2D eigenvalue weighted by Crippen LogP contribution is -2.58. The number of amides is 3. The van der Waals surface area contributed by atoms with Crippen LogP contribution in [0.2, 0.25) is 0 Å². The number of likely N-dealkylation sites (tertiary alicyclic amines) is 1. The van der Waals surface area contributed by atoms with Gasteiger partial charge in [0.05, 0.1) is 6.04 Å². The molecule has 0 spiro atoms. The zero-order chi connectivity index (χ0) is 28.2. The molecule has 5 atom stereocenters. The number of nitrogens with zero attached hydrogens (tertiary/aromatic N) is 2. The maximum absolute atomic E-state index is 13.5. The lowest BCUT2D eigenvalue weighted by atomic mass is 9.98. The van der Waals surface area contributed by atoms with Gasteiger partial charge in [0.15, 0.2) is 5.96 Å². The number of carbonyl (C=O) groups excluding carboxylic acids is 3. The normalized spacial score (nSPS) is 18.1. The number of benzene rings is 1. The first-order valence-electron chi connectivity index (χ1n) is 13.0. The van der Waals surface area contributed by atoms with E-state index in [-0.39, 0.29) is 37.8 Å². The predicted molar refractivity (Wildman–Crippen MR) is 144 cm³/mol. The highest BCUT2D eigenvalue weighted by molar-refractivity contribution is 5.94. The number of nitrogens with two attached hydrogens (primary N) is 3. The number of aliphatic imine (C=N–C) groups is 1. The SMILES string of the molecule is CCC(C)C(N)C(=O)NC(Cc1ccccc1)C(=O)NC(CCCN=C(N)N)C(=O)N1CCCC1C(=O)O. The molecule has 0 aliphatic carbocycles. The molecule has 2 rings (SSSR count). The van der Waals surface area contributed by atoms with Crippen LogP contribution in [0.5, 0.6) is 0 Å². The molecule has 1 aromatic carbocycles. The van der Waals surface area contributed by atoms with Crippen molar-refractivity contribution in [3.63, 3.8) is 0 Å². The third-order valence-electron chi connectivity index (χ3n) is 6.86. The number of carboxylic acid groups (broad SMARTS) is 1. The largest absolute Gasteiger partial charge is 0.480 e. The van der Waals surface area contributed by atoms with Crippen molar-refractivity contribution in [2.45, 2.75) is 76.5 Å². The molecule has 1 aliphatic heterocycles. The molecule has 1 heterocycles. The van der Waals surface area contributed by atoms with Crippen LogP contribution in [0.4, 0.5) is 0 Å². The number of rotatable bonds is 14. The molecule has 38 heavy (non-hydrogen) atoms. The van der Waals surface area contributed by atoms with Gasteiger partial charge in [-0.15, -0.1) is 0 Å². The molecular formula is C26H41N7O5. The van der Waals surface area contributed by atoms with E-state index >= 15 is 0 Å². The van der Waals surface area contributed by atoms with E-state index in [1.54, 1.807) is 0 Å². The monoisotopic (exact) mass is 531 g/mol. The number of carbonyl (C=O) groups is 4. The van der Waals surface area contributed by atoms with E-state index in [1.807, 2.05) is 44.2 Å². The minimum Gasteiger partial charge on any atom is -0.480 e. The van der Waals surface area contributed by atoms with Gasteiger partial charge in [0.2, 0.25) is 17.7 Å². The zero-order valence-electron chi connectivity index (χ0n) is 22.1. The molecule has 0 bridgehead atoms. The van der Waals surface area contributed by atoms with Gasteiger partial charge < -0.3 is 37.8 Å². The minimum atomic E-state index is -1.09. The van der Waals surface area contributed by atoms with Crippen LogP contribution in [0.3, 0.4) is 0 Å². The van der Waals surface area contributed by atoms with Crippen LogP contribution in [0.25, 0.3) is 0 Å². The van der Waals surface area contributed by atoms with Crippen molar-refractivity contribution in [3.8, 4) is 0 Å². The van der Waals surface area contributed by atoms with Gasteiger partial charge in [0.25, 0.3) is 0 Å². The Balaban J connectivity index is 2.26.